The summed E-state index contributed by atoms with van der Waals surface area (Å²) in [5, 5.41) is 3.10. The third-order valence-corrected chi connectivity index (χ3v) is 4.76. The number of hydrogen-bond acceptors (Lipinski definition) is 4. The summed E-state index contributed by atoms with van der Waals surface area (Å²) < 4.78 is 5.10. The maximum absolute atomic E-state index is 12.8. The number of carbonyl (C=O) groups excluding carboxylic acids is 2. The Hall–Kier alpha value is -1.63. The molecular formula is C18H26ClN3O3. The van der Waals surface area contributed by atoms with Gasteiger partial charge >= 0.3 is 0 Å². The zero-order valence-corrected chi connectivity index (χ0v) is 15.4. The number of nitrogens with zero attached hydrogens (tertiary/aromatic N) is 2. The molecule has 7 heteroatoms. The van der Waals surface area contributed by atoms with Gasteiger partial charge < -0.3 is 19.9 Å². The van der Waals surface area contributed by atoms with Crippen LogP contribution in [0.15, 0.2) is 24.3 Å². The molecular weight excluding hydrogens is 342 g/mol. The number of rotatable bonds is 4. The molecule has 2 fully saturated rings. The SMILES string of the molecule is COCc1ccc(C(=O)N2CCCC(N3CCNCC3=O)C2)cc1.Cl. The molecule has 1 unspecified atom stereocenters. The summed E-state index contributed by atoms with van der Waals surface area (Å²) in [5.41, 5.74) is 1.75. The van der Waals surface area contributed by atoms with Gasteiger partial charge in [-0.15, -0.1) is 12.4 Å². The van der Waals surface area contributed by atoms with E-state index in [1.54, 1.807) is 7.11 Å². The van der Waals surface area contributed by atoms with Crippen LogP contribution in [0.4, 0.5) is 0 Å². The Labute approximate surface area is 154 Å². The summed E-state index contributed by atoms with van der Waals surface area (Å²) in [5.74, 6) is 0.190. The zero-order chi connectivity index (χ0) is 16.9. The lowest BCUT2D eigenvalue weighted by atomic mass is 10.0. The van der Waals surface area contributed by atoms with Gasteiger partial charge in [0, 0.05) is 44.9 Å². The number of likely N-dealkylation sites (tertiary alicyclic amines) is 1. The minimum Gasteiger partial charge on any atom is -0.380 e. The Morgan fingerprint density at radius 3 is 2.72 bits per heavy atom. The number of hydrogen-bond donors (Lipinski definition) is 1. The van der Waals surface area contributed by atoms with Gasteiger partial charge in [-0.2, -0.15) is 0 Å². The number of halogens is 1. The molecule has 2 aliphatic heterocycles. The fourth-order valence-corrected chi connectivity index (χ4v) is 3.49. The maximum Gasteiger partial charge on any atom is 0.253 e. The molecule has 1 aromatic carbocycles. The largest absolute Gasteiger partial charge is 0.380 e. The van der Waals surface area contributed by atoms with E-state index in [4.69, 9.17) is 4.74 Å². The van der Waals surface area contributed by atoms with Crippen molar-refractivity contribution in [3.8, 4) is 0 Å². The molecule has 2 aliphatic rings. The fraction of sp³-hybridized carbons (Fsp3) is 0.556. The van der Waals surface area contributed by atoms with Crippen molar-refractivity contribution in [1.82, 2.24) is 15.1 Å². The minimum absolute atomic E-state index is 0. The number of methoxy groups -OCH3 is 1. The molecule has 0 bridgehead atoms. The number of amides is 2. The van der Waals surface area contributed by atoms with E-state index in [9.17, 15) is 9.59 Å². The first kappa shape index (κ1) is 19.7. The highest BCUT2D eigenvalue weighted by atomic mass is 35.5. The van der Waals surface area contributed by atoms with Crippen LogP contribution in [0.25, 0.3) is 0 Å². The predicted molar refractivity (Wildman–Crippen MR) is 97.9 cm³/mol. The Bertz CT molecular complexity index is 594. The molecule has 0 radical (unpaired) electrons. The number of nitrogens with one attached hydrogen (secondary N) is 1. The van der Waals surface area contributed by atoms with Crippen molar-refractivity contribution in [3.05, 3.63) is 35.4 Å². The van der Waals surface area contributed by atoms with Crippen LogP contribution in [0.1, 0.15) is 28.8 Å². The van der Waals surface area contributed by atoms with Gasteiger partial charge in [0.2, 0.25) is 5.91 Å². The van der Waals surface area contributed by atoms with Crippen LogP contribution in [0, 0.1) is 0 Å². The highest BCUT2D eigenvalue weighted by Crippen LogP contribution is 2.19. The lowest BCUT2D eigenvalue weighted by Crippen LogP contribution is -2.57. The average Bonchev–Trinajstić information content (AvgIpc) is 2.62. The first-order valence-electron chi connectivity index (χ1n) is 8.56. The van der Waals surface area contributed by atoms with E-state index in [2.05, 4.69) is 5.32 Å². The molecule has 1 aromatic rings. The topological polar surface area (TPSA) is 61.9 Å². The molecule has 6 nitrogen and oxygen atoms in total. The van der Waals surface area contributed by atoms with Gasteiger partial charge in [0.05, 0.1) is 13.2 Å². The van der Waals surface area contributed by atoms with E-state index in [0.29, 0.717) is 25.3 Å². The van der Waals surface area contributed by atoms with Crippen molar-refractivity contribution in [2.24, 2.45) is 0 Å². The second-order valence-corrected chi connectivity index (χ2v) is 6.44. The number of ether oxygens (including phenoxy) is 1. The lowest BCUT2D eigenvalue weighted by molar-refractivity contribution is -0.135. The first-order chi connectivity index (χ1) is 11.7. The van der Waals surface area contributed by atoms with Gasteiger partial charge in [0.25, 0.3) is 5.91 Å². The van der Waals surface area contributed by atoms with Gasteiger partial charge in [-0.1, -0.05) is 12.1 Å². The van der Waals surface area contributed by atoms with Gasteiger partial charge in [-0.3, -0.25) is 9.59 Å². The van der Waals surface area contributed by atoms with E-state index in [0.717, 1.165) is 38.0 Å². The van der Waals surface area contributed by atoms with Crippen molar-refractivity contribution < 1.29 is 14.3 Å². The summed E-state index contributed by atoms with van der Waals surface area (Å²) in [6, 6.07) is 7.72. The quantitative estimate of drug-likeness (QED) is 0.871. The Morgan fingerprint density at radius 1 is 1.28 bits per heavy atom. The van der Waals surface area contributed by atoms with E-state index < -0.39 is 0 Å². The zero-order valence-electron chi connectivity index (χ0n) is 14.6. The van der Waals surface area contributed by atoms with E-state index in [-0.39, 0.29) is 30.3 Å². The van der Waals surface area contributed by atoms with Gasteiger partial charge in [-0.05, 0) is 30.5 Å². The summed E-state index contributed by atoms with van der Waals surface area (Å²) in [6.45, 7) is 3.91. The normalized spacial score (nSPS) is 21.0. The minimum atomic E-state index is 0. The van der Waals surface area contributed by atoms with Crippen LogP contribution in [0.5, 0.6) is 0 Å². The third-order valence-electron chi connectivity index (χ3n) is 4.76. The summed E-state index contributed by atoms with van der Waals surface area (Å²) in [6.07, 6.45) is 1.91. The van der Waals surface area contributed by atoms with E-state index >= 15 is 0 Å². The van der Waals surface area contributed by atoms with Crippen LogP contribution in [0.3, 0.4) is 0 Å². The average molecular weight is 368 g/mol. The van der Waals surface area contributed by atoms with Crippen molar-refractivity contribution in [1.29, 1.82) is 0 Å². The highest BCUT2D eigenvalue weighted by molar-refractivity contribution is 5.94. The Balaban J connectivity index is 0.00000225. The molecule has 2 amide bonds. The fourth-order valence-electron chi connectivity index (χ4n) is 3.49. The molecule has 0 aliphatic carbocycles. The van der Waals surface area contributed by atoms with E-state index in [1.807, 2.05) is 34.1 Å². The highest BCUT2D eigenvalue weighted by Gasteiger charge is 2.31. The molecule has 2 heterocycles. The van der Waals surface area contributed by atoms with Crippen LogP contribution in [-0.4, -0.2) is 67.5 Å². The maximum atomic E-state index is 12.8. The lowest BCUT2D eigenvalue weighted by Gasteiger charge is -2.41. The molecule has 0 saturated carbocycles. The van der Waals surface area contributed by atoms with Crippen LogP contribution >= 0.6 is 12.4 Å². The molecule has 1 atom stereocenters. The van der Waals surface area contributed by atoms with Gasteiger partial charge in [0.15, 0.2) is 0 Å². The monoisotopic (exact) mass is 367 g/mol. The molecule has 0 spiro atoms. The number of carbonyl (C=O) groups is 2. The second kappa shape index (κ2) is 9.17. The van der Waals surface area contributed by atoms with Crippen LogP contribution in [-0.2, 0) is 16.1 Å². The number of piperidine rings is 1. The van der Waals surface area contributed by atoms with Crippen LogP contribution in [0.2, 0.25) is 0 Å². The molecule has 138 valence electrons. The molecule has 25 heavy (non-hydrogen) atoms. The van der Waals surface area contributed by atoms with Crippen molar-refractivity contribution in [3.63, 3.8) is 0 Å². The predicted octanol–water partition coefficient (Wildman–Crippen LogP) is 1.29. The molecule has 2 saturated heterocycles. The summed E-state index contributed by atoms with van der Waals surface area (Å²) >= 11 is 0. The molecule has 0 aromatic heterocycles. The summed E-state index contributed by atoms with van der Waals surface area (Å²) in [4.78, 5) is 28.7. The van der Waals surface area contributed by atoms with Crippen molar-refractivity contribution in [2.75, 3.05) is 39.8 Å². The number of piperazine rings is 1. The van der Waals surface area contributed by atoms with Crippen molar-refractivity contribution >= 4 is 24.2 Å². The second-order valence-electron chi connectivity index (χ2n) is 6.44. The van der Waals surface area contributed by atoms with Crippen LogP contribution < -0.4 is 5.32 Å². The number of benzene rings is 1. The van der Waals surface area contributed by atoms with Gasteiger partial charge in [-0.25, -0.2) is 0 Å². The van der Waals surface area contributed by atoms with Gasteiger partial charge in [0.1, 0.15) is 0 Å². The first-order valence-corrected chi connectivity index (χ1v) is 8.56. The Morgan fingerprint density at radius 2 is 2.04 bits per heavy atom. The standard InChI is InChI=1S/C18H25N3O3.ClH/c1-24-13-14-4-6-15(7-5-14)18(23)20-9-2-3-16(12-20)21-10-8-19-11-17(21)22;/h4-7,16,19H,2-3,8-13H2,1H3;1H. The van der Waals surface area contributed by atoms with Crippen molar-refractivity contribution in [2.45, 2.75) is 25.5 Å². The Kier molecular flexibility index (Phi) is 7.23. The summed E-state index contributed by atoms with van der Waals surface area (Å²) in [7, 11) is 1.66. The molecule has 3 rings (SSSR count). The third kappa shape index (κ3) is 4.71. The molecule has 1 N–H and O–H groups in total. The smallest absolute Gasteiger partial charge is 0.253 e. The van der Waals surface area contributed by atoms with E-state index in [1.165, 1.54) is 0 Å².